The second-order valence-corrected chi connectivity index (χ2v) is 5.91. The predicted octanol–water partition coefficient (Wildman–Crippen LogP) is 2.40. The zero-order valence-electron chi connectivity index (χ0n) is 13.0. The highest BCUT2D eigenvalue weighted by Crippen LogP contribution is 2.37. The molecular formula is C16H26Cl2N2O2. The molecule has 2 fully saturated rings. The van der Waals surface area contributed by atoms with Crippen LogP contribution in [0.3, 0.4) is 0 Å². The van der Waals surface area contributed by atoms with Gasteiger partial charge in [0.15, 0.2) is 0 Å². The maximum Gasteiger partial charge on any atom is 0.118 e. The lowest BCUT2D eigenvalue weighted by molar-refractivity contribution is 0.123. The van der Waals surface area contributed by atoms with Gasteiger partial charge < -0.3 is 20.1 Å². The van der Waals surface area contributed by atoms with Gasteiger partial charge in [0.25, 0.3) is 0 Å². The first kappa shape index (κ1) is 19.5. The zero-order valence-corrected chi connectivity index (χ0v) is 14.6. The molecule has 4 nitrogen and oxygen atoms in total. The van der Waals surface area contributed by atoms with Crippen molar-refractivity contribution in [2.75, 3.05) is 33.4 Å². The molecule has 6 heteroatoms. The van der Waals surface area contributed by atoms with Crippen molar-refractivity contribution in [3.8, 4) is 5.75 Å². The molecule has 2 saturated heterocycles. The zero-order chi connectivity index (χ0) is 13.8. The molecule has 0 saturated carbocycles. The van der Waals surface area contributed by atoms with Crippen LogP contribution in [-0.2, 0) is 11.3 Å². The Bertz CT molecular complexity index is 436. The van der Waals surface area contributed by atoms with Gasteiger partial charge in [0.1, 0.15) is 5.75 Å². The first-order chi connectivity index (χ1) is 9.82. The van der Waals surface area contributed by atoms with E-state index >= 15 is 0 Å². The third kappa shape index (κ3) is 4.27. The number of rotatable bonds is 4. The predicted molar refractivity (Wildman–Crippen MR) is 93.5 cm³/mol. The fraction of sp³-hybridized carbons (Fsp3) is 0.625. The molecule has 22 heavy (non-hydrogen) atoms. The van der Waals surface area contributed by atoms with E-state index in [9.17, 15) is 0 Å². The van der Waals surface area contributed by atoms with Gasteiger partial charge in [-0.25, -0.2) is 0 Å². The van der Waals surface area contributed by atoms with Crippen molar-refractivity contribution in [1.29, 1.82) is 0 Å². The number of hydrogen-bond donors (Lipinski definition) is 2. The summed E-state index contributed by atoms with van der Waals surface area (Å²) < 4.78 is 11.0. The lowest BCUT2D eigenvalue weighted by Gasteiger charge is -2.38. The van der Waals surface area contributed by atoms with Gasteiger partial charge in [-0.2, -0.15) is 0 Å². The van der Waals surface area contributed by atoms with Gasteiger partial charge >= 0.3 is 0 Å². The van der Waals surface area contributed by atoms with Crippen molar-refractivity contribution < 1.29 is 9.47 Å². The molecule has 2 heterocycles. The molecule has 1 atom stereocenters. The van der Waals surface area contributed by atoms with Crippen LogP contribution >= 0.6 is 24.8 Å². The van der Waals surface area contributed by atoms with Crippen LogP contribution in [0.5, 0.6) is 5.75 Å². The summed E-state index contributed by atoms with van der Waals surface area (Å²) in [5.74, 6) is 0.910. The second-order valence-electron chi connectivity index (χ2n) is 5.91. The minimum Gasteiger partial charge on any atom is -0.497 e. The van der Waals surface area contributed by atoms with Crippen molar-refractivity contribution in [3.63, 3.8) is 0 Å². The highest BCUT2D eigenvalue weighted by Gasteiger charge is 2.44. The number of hydrogen-bond acceptors (Lipinski definition) is 4. The summed E-state index contributed by atoms with van der Waals surface area (Å²) in [7, 11) is 1.70. The summed E-state index contributed by atoms with van der Waals surface area (Å²) in [5.41, 5.74) is 1.64. The van der Waals surface area contributed by atoms with Crippen LogP contribution in [0.4, 0.5) is 0 Å². The van der Waals surface area contributed by atoms with E-state index in [1.165, 1.54) is 18.4 Å². The van der Waals surface area contributed by atoms with E-state index in [1.807, 2.05) is 12.1 Å². The molecule has 1 aromatic carbocycles. The fourth-order valence-electron chi connectivity index (χ4n) is 3.33. The monoisotopic (exact) mass is 348 g/mol. The molecule has 2 aliphatic rings. The molecule has 3 rings (SSSR count). The smallest absolute Gasteiger partial charge is 0.118 e. The van der Waals surface area contributed by atoms with Gasteiger partial charge in [-0.15, -0.1) is 24.8 Å². The summed E-state index contributed by atoms with van der Waals surface area (Å²) in [6, 6.07) is 8.75. The Kier molecular flexibility index (Phi) is 7.94. The molecule has 1 spiro atoms. The van der Waals surface area contributed by atoms with E-state index in [0.29, 0.717) is 11.5 Å². The Morgan fingerprint density at radius 3 is 2.55 bits per heavy atom. The molecular weight excluding hydrogens is 323 g/mol. The van der Waals surface area contributed by atoms with Crippen LogP contribution in [-0.4, -0.2) is 39.5 Å². The van der Waals surface area contributed by atoms with Crippen LogP contribution in [0.1, 0.15) is 18.4 Å². The molecule has 0 aliphatic carbocycles. The number of piperidine rings is 1. The molecule has 126 valence electrons. The number of ether oxygens (including phenoxy) is 2. The largest absolute Gasteiger partial charge is 0.497 e. The minimum absolute atomic E-state index is 0. The Labute approximate surface area is 145 Å². The van der Waals surface area contributed by atoms with Gasteiger partial charge in [0.05, 0.1) is 20.3 Å². The van der Waals surface area contributed by atoms with E-state index in [4.69, 9.17) is 9.47 Å². The summed E-state index contributed by atoms with van der Waals surface area (Å²) >= 11 is 0. The second kappa shape index (κ2) is 8.94. The van der Waals surface area contributed by atoms with Crippen molar-refractivity contribution in [3.05, 3.63) is 29.8 Å². The van der Waals surface area contributed by atoms with Crippen molar-refractivity contribution in [2.24, 2.45) is 5.41 Å². The standard InChI is InChI=1S/C16H24N2O2.2ClH/c1-19-14-4-2-13(3-5-14)10-18-15-11-20-12-16(15)6-8-17-9-7-16;;/h2-5,15,17-18H,6-12H2,1H3;2*1H. The molecule has 0 aromatic heterocycles. The molecule has 0 bridgehead atoms. The first-order valence-corrected chi connectivity index (χ1v) is 7.47. The maximum absolute atomic E-state index is 5.77. The van der Waals surface area contributed by atoms with Crippen LogP contribution in [0, 0.1) is 5.41 Å². The van der Waals surface area contributed by atoms with E-state index in [2.05, 4.69) is 22.8 Å². The number of methoxy groups -OCH3 is 1. The third-order valence-corrected chi connectivity index (χ3v) is 4.72. The van der Waals surface area contributed by atoms with Crippen LogP contribution in [0.15, 0.2) is 24.3 Å². The number of nitrogens with one attached hydrogen (secondary N) is 2. The van der Waals surface area contributed by atoms with Crippen molar-refractivity contribution in [1.82, 2.24) is 10.6 Å². The van der Waals surface area contributed by atoms with Gasteiger partial charge in [0, 0.05) is 18.0 Å². The van der Waals surface area contributed by atoms with Gasteiger partial charge in [-0.3, -0.25) is 0 Å². The lowest BCUT2D eigenvalue weighted by Crippen LogP contribution is -2.49. The topological polar surface area (TPSA) is 42.5 Å². The highest BCUT2D eigenvalue weighted by molar-refractivity contribution is 5.85. The minimum atomic E-state index is 0. The highest BCUT2D eigenvalue weighted by atomic mass is 35.5. The first-order valence-electron chi connectivity index (χ1n) is 7.47. The van der Waals surface area contributed by atoms with Crippen LogP contribution in [0.2, 0.25) is 0 Å². The Hall–Kier alpha value is -0.520. The van der Waals surface area contributed by atoms with Gasteiger partial charge in [-0.05, 0) is 43.6 Å². The Morgan fingerprint density at radius 2 is 1.91 bits per heavy atom. The molecule has 1 unspecified atom stereocenters. The Balaban J connectivity index is 0.00000121. The molecule has 2 aliphatic heterocycles. The summed E-state index contributed by atoms with van der Waals surface area (Å²) in [6.45, 7) is 4.88. The lowest BCUT2D eigenvalue weighted by atomic mass is 9.75. The normalized spacial score (nSPS) is 22.7. The quantitative estimate of drug-likeness (QED) is 0.876. The molecule has 0 radical (unpaired) electrons. The summed E-state index contributed by atoms with van der Waals surface area (Å²) in [5, 5.41) is 7.15. The molecule has 2 N–H and O–H groups in total. The van der Waals surface area contributed by atoms with E-state index < -0.39 is 0 Å². The van der Waals surface area contributed by atoms with Crippen molar-refractivity contribution in [2.45, 2.75) is 25.4 Å². The van der Waals surface area contributed by atoms with Gasteiger partial charge in [0.2, 0.25) is 0 Å². The molecule has 1 aromatic rings. The van der Waals surface area contributed by atoms with E-state index in [-0.39, 0.29) is 24.8 Å². The Morgan fingerprint density at radius 1 is 1.23 bits per heavy atom. The van der Waals surface area contributed by atoms with E-state index in [1.54, 1.807) is 7.11 Å². The van der Waals surface area contributed by atoms with Gasteiger partial charge in [-0.1, -0.05) is 12.1 Å². The van der Waals surface area contributed by atoms with Crippen molar-refractivity contribution >= 4 is 24.8 Å². The van der Waals surface area contributed by atoms with Crippen LogP contribution < -0.4 is 15.4 Å². The molecule has 0 amide bonds. The average Bonchev–Trinajstić information content (AvgIpc) is 2.88. The summed E-state index contributed by atoms with van der Waals surface area (Å²) in [4.78, 5) is 0. The van der Waals surface area contributed by atoms with E-state index in [0.717, 1.165) is 38.6 Å². The van der Waals surface area contributed by atoms with Crippen LogP contribution in [0.25, 0.3) is 0 Å². The number of halogens is 2. The third-order valence-electron chi connectivity index (χ3n) is 4.72. The maximum atomic E-state index is 5.77. The summed E-state index contributed by atoms with van der Waals surface area (Å²) in [6.07, 6.45) is 2.43. The SMILES string of the molecule is COc1ccc(CNC2COCC23CCNCC3)cc1.Cl.Cl. The fourth-order valence-corrected chi connectivity index (χ4v) is 3.33. The number of benzene rings is 1. The average molecular weight is 349 g/mol.